The van der Waals surface area contributed by atoms with Gasteiger partial charge in [0.1, 0.15) is 5.82 Å². The lowest BCUT2D eigenvalue weighted by molar-refractivity contribution is -0.384. The smallest absolute Gasteiger partial charge is 0.270 e. The molecule has 0 radical (unpaired) electrons. The normalized spacial score (nSPS) is 14.2. The maximum absolute atomic E-state index is 13.9. The number of nitrogens with one attached hydrogen (secondary N) is 1. The molecule has 1 amide bonds. The topological polar surface area (TPSA) is 78.7 Å². The highest BCUT2D eigenvalue weighted by atomic mass is 35.5. The highest BCUT2D eigenvalue weighted by Gasteiger charge is 2.19. The van der Waals surface area contributed by atoms with E-state index in [1.807, 2.05) is 24.3 Å². The lowest BCUT2D eigenvalue weighted by Crippen LogP contribution is -2.46. The molecule has 1 heterocycles. The number of piperazine rings is 1. The van der Waals surface area contributed by atoms with Gasteiger partial charge in [-0.25, -0.2) is 4.39 Å². The fourth-order valence-corrected chi connectivity index (χ4v) is 4.05. The summed E-state index contributed by atoms with van der Waals surface area (Å²) in [6.45, 7) is 3.88. The minimum atomic E-state index is -0.563. The van der Waals surface area contributed by atoms with Crippen molar-refractivity contribution in [2.75, 3.05) is 36.4 Å². The molecule has 170 valence electrons. The summed E-state index contributed by atoms with van der Waals surface area (Å²) in [6, 6.07) is 18.1. The van der Waals surface area contributed by atoms with Gasteiger partial charge in [0.25, 0.3) is 11.6 Å². The van der Waals surface area contributed by atoms with Crippen LogP contribution >= 0.6 is 11.6 Å². The molecule has 0 bridgehead atoms. The van der Waals surface area contributed by atoms with Gasteiger partial charge in [-0.2, -0.15) is 0 Å². The molecule has 0 spiro atoms. The third-order valence-electron chi connectivity index (χ3n) is 5.62. The molecule has 33 heavy (non-hydrogen) atoms. The van der Waals surface area contributed by atoms with E-state index < -0.39 is 10.8 Å². The Morgan fingerprint density at radius 2 is 1.73 bits per heavy atom. The summed E-state index contributed by atoms with van der Waals surface area (Å²) in [6.07, 6.45) is 0. The Morgan fingerprint density at radius 3 is 2.36 bits per heavy atom. The molecular formula is C24H22ClFN4O3. The average Bonchev–Trinajstić information content (AvgIpc) is 2.81. The largest absolute Gasteiger partial charge is 0.369 e. The van der Waals surface area contributed by atoms with Gasteiger partial charge in [0.05, 0.1) is 15.5 Å². The Hall–Kier alpha value is -3.49. The number of rotatable bonds is 6. The minimum Gasteiger partial charge on any atom is -0.369 e. The number of hydrogen-bond donors (Lipinski definition) is 1. The SMILES string of the molecule is O=C(Nc1ccc(N2CCN(Cc3ccccc3F)CC2)cc1)c1ccc([N+](=O)[O-])cc1Cl. The number of nitrogens with zero attached hydrogens (tertiary/aromatic N) is 3. The summed E-state index contributed by atoms with van der Waals surface area (Å²) >= 11 is 6.04. The number of hydrogen-bond acceptors (Lipinski definition) is 5. The van der Waals surface area contributed by atoms with Crippen LogP contribution in [-0.4, -0.2) is 41.9 Å². The molecule has 1 fully saturated rings. The van der Waals surface area contributed by atoms with Crippen LogP contribution in [0.5, 0.6) is 0 Å². The zero-order valence-electron chi connectivity index (χ0n) is 17.7. The number of carbonyl (C=O) groups is 1. The van der Waals surface area contributed by atoms with Crippen LogP contribution < -0.4 is 10.2 Å². The highest BCUT2D eigenvalue weighted by Crippen LogP contribution is 2.25. The molecule has 1 saturated heterocycles. The van der Waals surface area contributed by atoms with Crippen LogP contribution in [0.2, 0.25) is 5.02 Å². The molecule has 1 aliphatic rings. The third-order valence-corrected chi connectivity index (χ3v) is 5.94. The van der Waals surface area contributed by atoms with E-state index in [1.54, 1.807) is 18.2 Å². The summed E-state index contributed by atoms with van der Waals surface area (Å²) in [5.74, 6) is -0.614. The predicted octanol–water partition coefficient (Wildman–Crippen LogP) is 4.96. The van der Waals surface area contributed by atoms with E-state index in [1.165, 1.54) is 18.2 Å². The summed E-state index contributed by atoms with van der Waals surface area (Å²) in [7, 11) is 0. The highest BCUT2D eigenvalue weighted by molar-refractivity contribution is 6.34. The van der Waals surface area contributed by atoms with Gasteiger partial charge in [-0.05, 0) is 36.4 Å². The van der Waals surface area contributed by atoms with Crippen LogP contribution in [0, 0.1) is 15.9 Å². The van der Waals surface area contributed by atoms with E-state index >= 15 is 0 Å². The number of amides is 1. The first-order chi connectivity index (χ1) is 15.9. The van der Waals surface area contributed by atoms with E-state index in [4.69, 9.17) is 11.6 Å². The molecular weight excluding hydrogens is 447 g/mol. The van der Waals surface area contributed by atoms with Crippen LogP contribution in [0.4, 0.5) is 21.5 Å². The van der Waals surface area contributed by atoms with E-state index in [9.17, 15) is 19.3 Å². The number of halogens is 2. The molecule has 0 atom stereocenters. The van der Waals surface area contributed by atoms with Gasteiger partial charge in [-0.3, -0.25) is 19.8 Å². The summed E-state index contributed by atoms with van der Waals surface area (Å²) in [5.41, 5.74) is 2.33. The van der Waals surface area contributed by atoms with Crippen molar-refractivity contribution < 1.29 is 14.1 Å². The van der Waals surface area contributed by atoms with E-state index in [0.29, 0.717) is 17.8 Å². The van der Waals surface area contributed by atoms with Crippen LogP contribution in [0.15, 0.2) is 66.7 Å². The second-order valence-corrected chi connectivity index (χ2v) is 8.18. The van der Waals surface area contributed by atoms with Gasteiger partial charge >= 0.3 is 0 Å². The molecule has 4 rings (SSSR count). The Labute approximate surface area is 195 Å². The van der Waals surface area contributed by atoms with E-state index in [2.05, 4.69) is 15.1 Å². The minimum absolute atomic E-state index is 0.0200. The van der Waals surface area contributed by atoms with Crippen molar-refractivity contribution in [1.29, 1.82) is 0 Å². The molecule has 0 unspecified atom stereocenters. The first kappa shape index (κ1) is 22.7. The molecule has 9 heteroatoms. The van der Waals surface area contributed by atoms with Gasteiger partial charge < -0.3 is 10.2 Å². The van der Waals surface area contributed by atoms with Gasteiger partial charge in [0, 0.05) is 61.8 Å². The number of benzene rings is 3. The van der Waals surface area contributed by atoms with Crippen molar-refractivity contribution in [3.8, 4) is 0 Å². The summed E-state index contributed by atoms with van der Waals surface area (Å²) in [4.78, 5) is 27.2. The van der Waals surface area contributed by atoms with Crippen molar-refractivity contribution in [3.63, 3.8) is 0 Å². The summed E-state index contributed by atoms with van der Waals surface area (Å²) in [5, 5.41) is 13.6. The zero-order chi connectivity index (χ0) is 23.4. The van der Waals surface area contributed by atoms with Crippen LogP contribution in [0.1, 0.15) is 15.9 Å². The quantitative estimate of drug-likeness (QED) is 0.408. The lowest BCUT2D eigenvalue weighted by atomic mass is 10.1. The fourth-order valence-electron chi connectivity index (χ4n) is 3.79. The molecule has 3 aromatic rings. The average molecular weight is 469 g/mol. The predicted molar refractivity (Wildman–Crippen MR) is 126 cm³/mol. The molecule has 3 aromatic carbocycles. The van der Waals surface area contributed by atoms with Gasteiger partial charge in [-0.15, -0.1) is 0 Å². The fraction of sp³-hybridized carbons (Fsp3) is 0.208. The number of anilines is 2. The van der Waals surface area contributed by atoms with Crippen LogP contribution in [0.3, 0.4) is 0 Å². The maximum Gasteiger partial charge on any atom is 0.270 e. The standard InChI is InChI=1S/C24H22ClFN4O3/c25-22-15-20(30(32)33)9-10-21(22)24(31)27-18-5-7-19(8-6-18)29-13-11-28(12-14-29)16-17-3-1-2-4-23(17)26/h1-10,15H,11-14,16H2,(H,27,31). The van der Waals surface area contributed by atoms with E-state index in [0.717, 1.165) is 37.9 Å². The number of nitro groups is 1. The van der Waals surface area contributed by atoms with Crippen molar-refractivity contribution in [2.45, 2.75) is 6.54 Å². The first-order valence-electron chi connectivity index (χ1n) is 10.5. The molecule has 1 N–H and O–H groups in total. The van der Waals surface area contributed by atoms with Crippen LogP contribution in [0.25, 0.3) is 0 Å². The van der Waals surface area contributed by atoms with E-state index in [-0.39, 0.29) is 22.1 Å². The maximum atomic E-state index is 13.9. The van der Waals surface area contributed by atoms with Gasteiger partial charge in [0.2, 0.25) is 0 Å². The first-order valence-corrected chi connectivity index (χ1v) is 10.8. The molecule has 0 saturated carbocycles. The third kappa shape index (κ3) is 5.47. The molecule has 7 nitrogen and oxygen atoms in total. The summed E-state index contributed by atoms with van der Waals surface area (Å²) < 4.78 is 13.9. The number of carbonyl (C=O) groups excluding carboxylic acids is 1. The van der Waals surface area contributed by atoms with Gasteiger partial charge in [-0.1, -0.05) is 29.8 Å². The Morgan fingerprint density at radius 1 is 1.03 bits per heavy atom. The Balaban J connectivity index is 1.33. The molecule has 1 aliphatic heterocycles. The second-order valence-electron chi connectivity index (χ2n) is 7.78. The van der Waals surface area contributed by atoms with Crippen LogP contribution in [-0.2, 0) is 6.54 Å². The number of non-ortho nitro benzene ring substituents is 1. The second kappa shape index (κ2) is 9.97. The Bertz CT molecular complexity index is 1160. The van der Waals surface area contributed by atoms with Crippen molar-refractivity contribution >= 4 is 34.6 Å². The number of nitro benzene ring substituents is 1. The zero-order valence-corrected chi connectivity index (χ0v) is 18.5. The molecule has 0 aliphatic carbocycles. The van der Waals surface area contributed by atoms with Crippen molar-refractivity contribution in [1.82, 2.24) is 4.90 Å². The van der Waals surface area contributed by atoms with Crippen molar-refractivity contribution in [3.05, 3.63) is 98.8 Å². The lowest BCUT2D eigenvalue weighted by Gasteiger charge is -2.36. The van der Waals surface area contributed by atoms with Crippen molar-refractivity contribution in [2.24, 2.45) is 0 Å². The van der Waals surface area contributed by atoms with Gasteiger partial charge in [0.15, 0.2) is 0 Å². The molecule has 0 aromatic heterocycles. The monoisotopic (exact) mass is 468 g/mol. The Kier molecular flexibility index (Phi) is 6.86.